The predicted molar refractivity (Wildman–Crippen MR) is 69.2 cm³/mol. The number of hydrogen-bond donors (Lipinski definition) is 2. The van der Waals surface area contributed by atoms with Crippen LogP contribution in [0.15, 0.2) is 18.2 Å². The SMILES string of the molecule is CCC(NC(=O)c1cccc(OC(C)C)n1)C(=O)O. The van der Waals surface area contributed by atoms with E-state index in [4.69, 9.17) is 9.84 Å². The fourth-order valence-electron chi connectivity index (χ4n) is 1.42. The highest BCUT2D eigenvalue weighted by Crippen LogP contribution is 2.10. The summed E-state index contributed by atoms with van der Waals surface area (Å²) >= 11 is 0. The maximum Gasteiger partial charge on any atom is 0.326 e. The fraction of sp³-hybridized carbons (Fsp3) is 0.462. The van der Waals surface area contributed by atoms with Gasteiger partial charge in [0, 0.05) is 6.07 Å². The summed E-state index contributed by atoms with van der Waals surface area (Å²) in [5, 5.41) is 11.3. The van der Waals surface area contributed by atoms with Crippen LogP contribution < -0.4 is 10.1 Å². The summed E-state index contributed by atoms with van der Waals surface area (Å²) < 4.78 is 5.38. The Kier molecular flexibility index (Phi) is 5.29. The Morgan fingerprint density at radius 3 is 2.63 bits per heavy atom. The molecule has 0 spiro atoms. The summed E-state index contributed by atoms with van der Waals surface area (Å²) in [4.78, 5) is 26.7. The Labute approximate surface area is 111 Å². The van der Waals surface area contributed by atoms with E-state index in [0.29, 0.717) is 12.3 Å². The van der Waals surface area contributed by atoms with Crippen molar-refractivity contribution < 1.29 is 19.4 Å². The van der Waals surface area contributed by atoms with Crippen LogP contribution in [0.2, 0.25) is 0 Å². The molecule has 1 atom stereocenters. The fourth-order valence-corrected chi connectivity index (χ4v) is 1.42. The first-order chi connectivity index (χ1) is 8.93. The number of aromatic nitrogens is 1. The molecule has 6 nitrogen and oxygen atoms in total. The number of amides is 1. The van der Waals surface area contributed by atoms with Crippen molar-refractivity contribution in [2.75, 3.05) is 0 Å². The van der Waals surface area contributed by atoms with Crippen LogP contribution in [0.3, 0.4) is 0 Å². The molecule has 19 heavy (non-hydrogen) atoms. The lowest BCUT2D eigenvalue weighted by Gasteiger charge is -2.13. The van der Waals surface area contributed by atoms with Crippen molar-refractivity contribution in [2.45, 2.75) is 39.3 Å². The van der Waals surface area contributed by atoms with Crippen LogP contribution in [-0.4, -0.2) is 34.1 Å². The third-order valence-electron chi connectivity index (χ3n) is 2.32. The van der Waals surface area contributed by atoms with E-state index in [2.05, 4.69) is 10.3 Å². The largest absolute Gasteiger partial charge is 0.480 e. The van der Waals surface area contributed by atoms with Crippen LogP contribution in [0.4, 0.5) is 0 Å². The van der Waals surface area contributed by atoms with Crippen LogP contribution >= 0.6 is 0 Å². The van der Waals surface area contributed by atoms with Crippen LogP contribution in [-0.2, 0) is 4.79 Å². The monoisotopic (exact) mass is 266 g/mol. The van der Waals surface area contributed by atoms with E-state index in [-0.39, 0.29) is 11.8 Å². The molecule has 2 N–H and O–H groups in total. The molecule has 1 unspecified atom stereocenters. The maximum atomic E-state index is 11.9. The van der Waals surface area contributed by atoms with Gasteiger partial charge in [0.2, 0.25) is 5.88 Å². The van der Waals surface area contributed by atoms with Crippen molar-refractivity contribution in [3.8, 4) is 5.88 Å². The van der Waals surface area contributed by atoms with Gasteiger partial charge in [-0.1, -0.05) is 13.0 Å². The highest BCUT2D eigenvalue weighted by atomic mass is 16.5. The molecule has 0 aliphatic rings. The van der Waals surface area contributed by atoms with Crippen LogP contribution in [0, 0.1) is 0 Å². The second-order valence-electron chi connectivity index (χ2n) is 4.30. The molecule has 6 heteroatoms. The second-order valence-corrected chi connectivity index (χ2v) is 4.30. The second kappa shape index (κ2) is 6.72. The number of rotatable bonds is 6. The molecular formula is C13H18N2O4. The molecule has 1 rings (SSSR count). The van der Waals surface area contributed by atoms with Crippen molar-refractivity contribution in [1.29, 1.82) is 0 Å². The molecule has 1 aromatic rings. The maximum absolute atomic E-state index is 11.9. The zero-order valence-electron chi connectivity index (χ0n) is 11.2. The molecule has 0 aliphatic heterocycles. The van der Waals surface area contributed by atoms with Crippen LogP contribution in [0.5, 0.6) is 5.88 Å². The minimum Gasteiger partial charge on any atom is -0.480 e. The highest BCUT2D eigenvalue weighted by Gasteiger charge is 2.19. The van der Waals surface area contributed by atoms with Gasteiger partial charge in [-0.2, -0.15) is 0 Å². The Bertz CT molecular complexity index is 460. The van der Waals surface area contributed by atoms with E-state index in [9.17, 15) is 9.59 Å². The van der Waals surface area contributed by atoms with Gasteiger partial charge in [-0.05, 0) is 26.3 Å². The first kappa shape index (κ1) is 14.9. The molecule has 1 heterocycles. The molecule has 0 saturated heterocycles. The van der Waals surface area contributed by atoms with E-state index in [0.717, 1.165) is 0 Å². The van der Waals surface area contributed by atoms with E-state index >= 15 is 0 Å². The quantitative estimate of drug-likeness (QED) is 0.813. The summed E-state index contributed by atoms with van der Waals surface area (Å²) in [5.41, 5.74) is 0.137. The smallest absolute Gasteiger partial charge is 0.326 e. The summed E-state index contributed by atoms with van der Waals surface area (Å²) in [7, 11) is 0. The third-order valence-corrected chi connectivity index (χ3v) is 2.32. The van der Waals surface area contributed by atoms with E-state index in [1.165, 1.54) is 6.07 Å². The third kappa shape index (κ3) is 4.57. The van der Waals surface area contributed by atoms with Gasteiger partial charge in [0.15, 0.2) is 0 Å². The van der Waals surface area contributed by atoms with E-state index in [1.807, 2.05) is 13.8 Å². The van der Waals surface area contributed by atoms with Gasteiger partial charge in [0.05, 0.1) is 6.10 Å². The molecule has 0 saturated carbocycles. The average molecular weight is 266 g/mol. The molecule has 0 fully saturated rings. The highest BCUT2D eigenvalue weighted by molar-refractivity contribution is 5.95. The number of carbonyl (C=O) groups is 2. The minimum atomic E-state index is -1.06. The molecule has 104 valence electrons. The Morgan fingerprint density at radius 2 is 2.11 bits per heavy atom. The molecule has 1 aromatic heterocycles. The number of carbonyl (C=O) groups excluding carboxylic acids is 1. The summed E-state index contributed by atoms with van der Waals surface area (Å²) in [6.07, 6.45) is 0.261. The molecule has 0 bridgehead atoms. The number of nitrogens with zero attached hydrogens (tertiary/aromatic N) is 1. The molecule has 0 radical (unpaired) electrons. The first-order valence-electron chi connectivity index (χ1n) is 6.11. The predicted octanol–water partition coefficient (Wildman–Crippen LogP) is 1.46. The molecule has 0 aliphatic carbocycles. The van der Waals surface area contributed by atoms with Crippen molar-refractivity contribution >= 4 is 11.9 Å². The standard InChI is InChI=1S/C13H18N2O4/c1-4-9(13(17)18)15-12(16)10-6-5-7-11(14-10)19-8(2)3/h5-9H,4H2,1-3H3,(H,15,16)(H,17,18). The molecular weight excluding hydrogens is 248 g/mol. The van der Waals surface area contributed by atoms with Crippen LogP contribution in [0.25, 0.3) is 0 Å². The van der Waals surface area contributed by atoms with Gasteiger partial charge in [0.25, 0.3) is 5.91 Å². The average Bonchev–Trinajstić information content (AvgIpc) is 2.34. The van der Waals surface area contributed by atoms with Crippen molar-refractivity contribution in [3.63, 3.8) is 0 Å². The van der Waals surface area contributed by atoms with E-state index < -0.39 is 17.9 Å². The minimum absolute atomic E-state index is 0.0479. The lowest BCUT2D eigenvalue weighted by atomic mass is 10.2. The lowest BCUT2D eigenvalue weighted by molar-refractivity contribution is -0.139. The summed E-state index contributed by atoms with van der Waals surface area (Å²) in [6, 6.07) is 3.88. The number of hydrogen-bond acceptors (Lipinski definition) is 4. The summed E-state index contributed by atoms with van der Waals surface area (Å²) in [6.45, 7) is 5.39. The molecule has 1 amide bonds. The van der Waals surface area contributed by atoms with Crippen LogP contribution in [0.1, 0.15) is 37.7 Å². The topological polar surface area (TPSA) is 88.5 Å². The van der Waals surface area contributed by atoms with Gasteiger partial charge >= 0.3 is 5.97 Å². The lowest BCUT2D eigenvalue weighted by Crippen LogP contribution is -2.40. The Morgan fingerprint density at radius 1 is 1.42 bits per heavy atom. The van der Waals surface area contributed by atoms with Crippen molar-refractivity contribution in [3.05, 3.63) is 23.9 Å². The summed E-state index contributed by atoms with van der Waals surface area (Å²) in [5.74, 6) is -1.25. The van der Waals surface area contributed by atoms with Gasteiger partial charge in [0.1, 0.15) is 11.7 Å². The number of ether oxygens (including phenoxy) is 1. The number of pyridine rings is 1. The Balaban J connectivity index is 2.79. The van der Waals surface area contributed by atoms with Gasteiger partial charge < -0.3 is 15.2 Å². The van der Waals surface area contributed by atoms with Gasteiger partial charge in [-0.25, -0.2) is 9.78 Å². The number of carboxylic acid groups (broad SMARTS) is 1. The number of nitrogens with one attached hydrogen (secondary N) is 1. The number of aliphatic carboxylic acids is 1. The van der Waals surface area contributed by atoms with Crippen molar-refractivity contribution in [2.24, 2.45) is 0 Å². The van der Waals surface area contributed by atoms with Crippen molar-refractivity contribution in [1.82, 2.24) is 10.3 Å². The number of carboxylic acids is 1. The zero-order chi connectivity index (χ0) is 14.4. The zero-order valence-corrected chi connectivity index (χ0v) is 11.2. The molecule has 0 aromatic carbocycles. The van der Waals surface area contributed by atoms with E-state index in [1.54, 1.807) is 19.1 Å². The first-order valence-corrected chi connectivity index (χ1v) is 6.11. The van der Waals surface area contributed by atoms with Gasteiger partial charge in [-0.3, -0.25) is 4.79 Å². The Hall–Kier alpha value is -2.11. The normalized spacial score (nSPS) is 12.0. The van der Waals surface area contributed by atoms with Gasteiger partial charge in [-0.15, -0.1) is 0 Å².